The number of nitrogens with zero attached hydrogens (tertiary/aromatic N) is 2. The van der Waals surface area contributed by atoms with Gasteiger partial charge in [0, 0.05) is 25.0 Å². The molecule has 0 radical (unpaired) electrons. The highest BCUT2D eigenvalue weighted by Crippen LogP contribution is 2.29. The third-order valence-corrected chi connectivity index (χ3v) is 4.23. The molecule has 1 aromatic heterocycles. The number of H-pyrrole nitrogens is 1. The number of aromatic amines is 1. The van der Waals surface area contributed by atoms with Crippen LogP contribution < -0.4 is 15.8 Å². The van der Waals surface area contributed by atoms with E-state index in [0.29, 0.717) is 29.7 Å². The average molecular weight is 322 g/mol. The summed E-state index contributed by atoms with van der Waals surface area (Å²) in [6.07, 6.45) is 1.60. The zero-order valence-electron chi connectivity index (χ0n) is 13.4. The third kappa shape index (κ3) is 2.59. The molecule has 1 saturated heterocycles. The lowest BCUT2D eigenvalue weighted by molar-refractivity contribution is -0.123. The molecular weight excluding hydrogens is 304 g/mol. The van der Waals surface area contributed by atoms with Gasteiger partial charge in [0.25, 0.3) is 5.56 Å². The van der Waals surface area contributed by atoms with Gasteiger partial charge in [-0.05, 0) is 18.6 Å². The Bertz CT molecular complexity index is 919. The molecule has 1 aliphatic rings. The van der Waals surface area contributed by atoms with Gasteiger partial charge in [0.1, 0.15) is 11.6 Å². The Kier molecular flexibility index (Phi) is 4.19. The number of pyridine rings is 1. The zero-order chi connectivity index (χ0) is 17.3. The summed E-state index contributed by atoms with van der Waals surface area (Å²) in [7, 11) is 0. The number of nitrogens with one attached hydrogen (secondary N) is 2. The summed E-state index contributed by atoms with van der Waals surface area (Å²) < 4.78 is 0. The lowest BCUT2D eigenvalue weighted by atomic mass is 9.99. The summed E-state index contributed by atoms with van der Waals surface area (Å²) in [5, 5.41) is 13.2. The van der Waals surface area contributed by atoms with Crippen molar-refractivity contribution in [3.05, 3.63) is 52.3 Å². The maximum atomic E-state index is 12.8. The van der Waals surface area contributed by atoms with Crippen molar-refractivity contribution in [2.75, 3.05) is 24.5 Å². The highest BCUT2D eigenvalue weighted by atomic mass is 16.2. The molecule has 0 bridgehead atoms. The number of fused-ring (bicyclic) bond motifs is 1. The number of nitriles is 1. The molecule has 1 aromatic carbocycles. The van der Waals surface area contributed by atoms with Crippen LogP contribution in [0.15, 0.2) is 35.6 Å². The molecule has 1 fully saturated rings. The van der Waals surface area contributed by atoms with Gasteiger partial charge >= 0.3 is 0 Å². The summed E-state index contributed by atoms with van der Waals surface area (Å²) in [6, 6.07) is 7.52. The summed E-state index contributed by atoms with van der Waals surface area (Å²) in [5.41, 5.74) is 1.43. The number of aromatic nitrogens is 1. The van der Waals surface area contributed by atoms with Crippen LogP contribution in [0.5, 0.6) is 0 Å². The lowest BCUT2D eigenvalue weighted by Gasteiger charge is -2.32. The Morgan fingerprint density at radius 1 is 1.50 bits per heavy atom. The number of rotatable bonds is 4. The van der Waals surface area contributed by atoms with Crippen LogP contribution in [0.25, 0.3) is 10.9 Å². The second-order valence-corrected chi connectivity index (χ2v) is 5.93. The number of hydrogen-bond donors (Lipinski definition) is 2. The standard InChI is InChI=1S/C18H18N4O2/c1-3-6-22(18(24)12-9-20-10-12)16-13-5-4-11(2)7-15(13)21-17(23)14(16)8-19/h3-5,7,12,20H,1,6,9-10H2,2H3,(H,21,23). The molecule has 6 nitrogen and oxygen atoms in total. The number of anilines is 1. The van der Waals surface area contributed by atoms with Gasteiger partial charge in [-0.2, -0.15) is 5.26 Å². The highest BCUT2D eigenvalue weighted by Gasteiger charge is 2.32. The summed E-state index contributed by atoms with van der Waals surface area (Å²) in [4.78, 5) is 29.4. The molecule has 0 saturated carbocycles. The quantitative estimate of drug-likeness (QED) is 0.834. The van der Waals surface area contributed by atoms with Gasteiger partial charge in [-0.1, -0.05) is 18.2 Å². The van der Waals surface area contributed by atoms with Crippen LogP contribution in [0.2, 0.25) is 0 Å². The van der Waals surface area contributed by atoms with E-state index in [4.69, 9.17) is 0 Å². The second kappa shape index (κ2) is 6.30. The van der Waals surface area contributed by atoms with Crippen LogP contribution >= 0.6 is 0 Å². The predicted octanol–water partition coefficient (Wildman–Crippen LogP) is 1.45. The van der Waals surface area contributed by atoms with Gasteiger partial charge in [-0.15, -0.1) is 6.58 Å². The van der Waals surface area contributed by atoms with Crippen molar-refractivity contribution in [1.82, 2.24) is 10.3 Å². The van der Waals surface area contributed by atoms with Crippen molar-refractivity contribution in [2.45, 2.75) is 6.92 Å². The summed E-state index contributed by atoms with van der Waals surface area (Å²) >= 11 is 0. The highest BCUT2D eigenvalue weighted by molar-refractivity contribution is 6.05. The topological polar surface area (TPSA) is 89.0 Å². The van der Waals surface area contributed by atoms with E-state index in [9.17, 15) is 14.9 Å². The fourth-order valence-electron chi connectivity index (χ4n) is 2.88. The first-order chi connectivity index (χ1) is 11.6. The fourth-order valence-corrected chi connectivity index (χ4v) is 2.88. The Hall–Kier alpha value is -2.91. The number of aryl methyl sites for hydroxylation is 1. The summed E-state index contributed by atoms with van der Waals surface area (Å²) in [6.45, 7) is 7.08. The molecule has 3 rings (SSSR count). The lowest BCUT2D eigenvalue weighted by Crippen LogP contribution is -2.52. The average Bonchev–Trinajstić information content (AvgIpc) is 2.49. The maximum Gasteiger partial charge on any atom is 0.268 e. The SMILES string of the molecule is C=CCN(C(=O)C1CNC1)c1c(C#N)c(=O)[nH]c2cc(C)ccc12. The second-order valence-electron chi connectivity index (χ2n) is 5.93. The Morgan fingerprint density at radius 3 is 2.83 bits per heavy atom. The molecule has 6 heteroatoms. The Labute approximate surface area is 139 Å². The number of carbonyl (C=O) groups is 1. The van der Waals surface area contributed by atoms with Crippen molar-refractivity contribution in [1.29, 1.82) is 5.26 Å². The molecule has 122 valence electrons. The van der Waals surface area contributed by atoms with Gasteiger partial charge in [0.05, 0.1) is 17.1 Å². The monoisotopic (exact) mass is 322 g/mol. The normalized spacial score (nSPS) is 14.0. The number of amides is 1. The van der Waals surface area contributed by atoms with Crippen LogP contribution in [0.1, 0.15) is 11.1 Å². The van der Waals surface area contributed by atoms with Crippen LogP contribution in [0, 0.1) is 24.2 Å². The minimum Gasteiger partial charge on any atom is -0.321 e. The van der Waals surface area contributed by atoms with E-state index >= 15 is 0 Å². The molecule has 0 atom stereocenters. The van der Waals surface area contributed by atoms with Gasteiger partial charge in [-0.25, -0.2) is 0 Å². The smallest absolute Gasteiger partial charge is 0.268 e. The van der Waals surface area contributed by atoms with Gasteiger partial charge in [-0.3, -0.25) is 9.59 Å². The molecular formula is C18H18N4O2. The van der Waals surface area contributed by atoms with Crippen molar-refractivity contribution < 1.29 is 4.79 Å². The molecule has 1 aliphatic heterocycles. The van der Waals surface area contributed by atoms with E-state index in [0.717, 1.165) is 5.56 Å². The first kappa shape index (κ1) is 16.0. The van der Waals surface area contributed by atoms with E-state index in [1.165, 1.54) is 4.90 Å². The molecule has 24 heavy (non-hydrogen) atoms. The van der Waals surface area contributed by atoms with Gasteiger partial charge in [0.2, 0.25) is 5.91 Å². The van der Waals surface area contributed by atoms with Crippen molar-refractivity contribution in [3.63, 3.8) is 0 Å². The van der Waals surface area contributed by atoms with E-state index < -0.39 is 5.56 Å². The minimum absolute atomic E-state index is 0.0474. The first-order valence-electron chi connectivity index (χ1n) is 7.76. The van der Waals surface area contributed by atoms with Gasteiger partial charge in [0.15, 0.2) is 0 Å². The van der Waals surface area contributed by atoms with Crippen LogP contribution in [-0.4, -0.2) is 30.5 Å². The molecule has 0 spiro atoms. The van der Waals surface area contributed by atoms with Gasteiger partial charge < -0.3 is 15.2 Å². The van der Waals surface area contributed by atoms with Crippen LogP contribution in [-0.2, 0) is 4.79 Å². The molecule has 0 unspecified atom stereocenters. The van der Waals surface area contributed by atoms with Crippen molar-refractivity contribution in [3.8, 4) is 6.07 Å². The van der Waals surface area contributed by atoms with Crippen molar-refractivity contribution >= 4 is 22.5 Å². The minimum atomic E-state index is -0.487. The number of benzene rings is 1. The zero-order valence-corrected chi connectivity index (χ0v) is 13.4. The molecule has 2 N–H and O–H groups in total. The van der Waals surface area contributed by atoms with E-state index in [1.54, 1.807) is 6.08 Å². The van der Waals surface area contributed by atoms with Crippen LogP contribution in [0.3, 0.4) is 0 Å². The third-order valence-electron chi connectivity index (χ3n) is 4.23. The molecule has 0 aliphatic carbocycles. The molecule has 1 amide bonds. The van der Waals surface area contributed by atoms with Crippen LogP contribution in [0.4, 0.5) is 5.69 Å². The number of carbonyl (C=O) groups excluding carboxylic acids is 1. The largest absolute Gasteiger partial charge is 0.321 e. The maximum absolute atomic E-state index is 12.8. The van der Waals surface area contributed by atoms with E-state index in [-0.39, 0.29) is 23.9 Å². The van der Waals surface area contributed by atoms with Crippen molar-refractivity contribution in [2.24, 2.45) is 5.92 Å². The van der Waals surface area contributed by atoms with E-state index in [2.05, 4.69) is 16.9 Å². The Morgan fingerprint density at radius 2 is 2.25 bits per heavy atom. The molecule has 2 aromatic rings. The fraction of sp³-hybridized carbons (Fsp3) is 0.278. The first-order valence-corrected chi connectivity index (χ1v) is 7.76. The molecule has 2 heterocycles. The Balaban J connectivity index is 2.27. The summed E-state index contributed by atoms with van der Waals surface area (Å²) in [5.74, 6) is -0.242. The number of hydrogen-bond acceptors (Lipinski definition) is 4. The predicted molar refractivity (Wildman–Crippen MR) is 92.9 cm³/mol. The van der Waals surface area contributed by atoms with E-state index in [1.807, 2.05) is 31.2 Å².